The fourth-order valence-electron chi connectivity index (χ4n) is 3.94. The van der Waals surface area contributed by atoms with E-state index in [0.29, 0.717) is 6.42 Å². The maximum atomic E-state index is 12.0. The standard InChI is InChI=1S/C18H27N5O3S/c1-13-16(11-19-20-17(24)14-5-6-14)18(22-8-3-2-4-9-22)23(21-13)15-7-10-27(25,26)12-15/h11,14-15H,2-10,12H2,1H3,(H,20,24)/b19-11+. The van der Waals surface area contributed by atoms with Crippen molar-refractivity contribution in [2.45, 2.75) is 51.5 Å². The van der Waals surface area contributed by atoms with Crippen LogP contribution in [-0.2, 0) is 14.6 Å². The Hall–Kier alpha value is -1.90. The van der Waals surface area contributed by atoms with Crippen LogP contribution in [0.15, 0.2) is 5.10 Å². The van der Waals surface area contributed by atoms with Crippen molar-refractivity contribution in [3.63, 3.8) is 0 Å². The number of hydrogen-bond acceptors (Lipinski definition) is 6. The summed E-state index contributed by atoms with van der Waals surface area (Å²) in [5.41, 5.74) is 4.30. The summed E-state index contributed by atoms with van der Waals surface area (Å²) in [7, 11) is -3.00. The van der Waals surface area contributed by atoms with Crippen LogP contribution < -0.4 is 10.3 Å². The highest BCUT2D eigenvalue weighted by atomic mass is 32.2. The number of hydrazone groups is 1. The van der Waals surface area contributed by atoms with Crippen LogP contribution in [0.5, 0.6) is 0 Å². The van der Waals surface area contributed by atoms with Gasteiger partial charge in [-0.25, -0.2) is 18.5 Å². The van der Waals surface area contributed by atoms with E-state index in [0.717, 1.165) is 55.8 Å². The summed E-state index contributed by atoms with van der Waals surface area (Å²) in [4.78, 5) is 14.1. The number of carbonyl (C=O) groups excluding carboxylic acids is 1. The summed E-state index contributed by atoms with van der Waals surface area (Å²) >= 11 is 0. The number of anilines is 1. The number of sulfone groups is 1. The van der Waals surface area contributed by atoms with Crippen LogP contribution in [0.1, 0.15) is 55.8 Å². The minimum Gasteiger partial charge on any atom is -0.356 e. The van der Waals surface area contributed by atoms with Gasteiger partial charge in [-0.3, -0.25) is 4.79 Å². The largest absolute Gasteiger partial charge is 0.356 e. The predicted molar refractivity (Wildman–Crippen MR) is 104 cm³/mol. The van der Waals surface area contributed by atoms with Crippen LogP contribution >= 0.6 is 0 Å². The molecule has 1 N–H and O–H groups in total. The average Bonchev–Trinajstić information content (AvgIpc) is 3.36. The molecule has 27 heavy (non-hydrogen) atoms. The third-order valence-corrected chi connectivity index (χ3v) is 7.38. The number of hydrogen-bond donors (Lipinski definition) is 1. The number of aryl methyl sites for hydroxylation is 1. The molecule has 8 nitrogen and oxygen atoms in total. The molecule has 1 unspecified atom stereocenters. The van der Waals surface area contributed by atoms with E-state index in [9.17, 15) is 13.2 Å². The number of nitrogens with zero attached hydrogens (tertiary/aromatic N) is 4. The summed E-state index contributed by atoms with van der Waals surface area (Å²) in [5.74, 6) is 1.38. The summed E-state index contributed by atoms with van der Waals surface area (Å²) in [5, 5.41) is 8.85. The maximum absolute atomic E-state index is 12.0. The van der Waals surface area contributed by atoms with E-state index >= 15 is 0 Å². The first-order valence-corrected chi connectivity index (χ1v) is 11.6. The highest BCUT2D eigenvalue weighted by molar-refractivity contribution is 7.91. The quantitative estimate of drug-likeness (QED) is 0.602. The van der Waals surface area contributed by atoms with Crippen LogP contribution in [0.3, 0.4) is 0 Å². The lowest BCUT2D eigenvalue weighted by molar-refractivity contribution is -0.122. The molecule has 0 bridgehead atoms. The average molecular weight is 394 g/mol. The van der Waals surface area contributed by atoms with Gasteiger partial charge in [0.1, 0.15) is 5.82 Å². The smallest absolute Gasteiger partial charge is 0.243 e. The van der Waals surface area contributed by atoms with Gasteiger partial charge in [-0.05, 0) is 45.4 Å². The molecule has 1 amide bonds. The van der Waals surface area contributed by atoms with E-state index in [1.807, 2.05) is 11.6 Å². The number of carbonyl (C=O) groups is 1. The van der Waals surface area contributed by atoms with Crippen molar-refractivity contribution in [3.05, 3.63) is 11.3 Å². The summed E-state index contributed by atoms with van der Waals surface area (Å²) < 4.78 is 25.9. The number of piperidine rings is 1. The molecule has 1 aliphatic carbocycles. The minimum atomic E-state index is -3.00. The molecule has 3 fully saturated rings. The van der Waals surface area contributed by atoms with Gasteiger partial charge < -0.3 is 4.90 Å². The van der Waals surface area contributed by atoms with E-state index in [1.54, 1.807) is 6.21 Å². The number of amides is 1. The molecule has 0 aromatic carbocycles. The molecule has 1 atom stereocenters. The molecule has 0 spiro atoms. The third-order valence-electron chi connectivity index (χ3n) is 5.63. The normalized spacial score (nSPS) is 25.2. The van der Waals surface area contributed by atoms with E-state index < -0.39 is 9.84 Å². The summed E-state index contributed by atoms with van der Waals surface area (Å²) in [6, 6.07) is -0.131. The summed E-state index contributed by atoms with van der Waals surface area (Å²) in [6.07, 6.45) is 7.58. The molecular formula is C18H27N5O3S. The van der Waals surface area contributed by atoms with Crippen molar-refractivity contribution in [2.75, 3.05) is 29.5 Å². The van der Waals surface area contributed by atoms with Crippen molar-refractivity contribution in [1.29, 1.82) is 0 Å². The predicted octanol–water partition coefficient (Wildman–Crippen LogP) is 1.40. The van der Waals surface area contributed by atoms with Crippen molar-refractivity contribution < 1.29 is 13.2 Å². The Balaban J connectivity index is 1.64. The highest BCUT2D eigenvalue weighted by Crippen LogP contribution is 2.33. The lowest BCUT2D eigenvalue weighted by Crippen LogP contribution is -2.33. The van der Waals surface area contributed by atoms with Gasteiger partial charge in [-0.15, -0.1) is 0 Å². The third kappa shape index (κ3) is 4.02. The first-order chi connectivity index (χ1) is 12.9. The zero-order valence-corrected chi connectivity index (χ0v) is 16.5. The molecule has 4 rings (SSSR count). The second kappa shape index (κ2) is 7.26. The van der Waals surface area contributed by atoms with Crippen molar-refractivity contribution in [2.24, 2.45) is 11.0 Å². The Kier molecular flexibility index (Phi) is 4.96. The second-order valence-electron chi connectivity index (χ2n) is 7.88. The van der Waals surface area contributed by atoms with Gasteiger partial charge in [0.05, 0.1) is 35.0 Å². The molecule has 9 heteroatoms. The Bertz CT molecular complexity index is 851. The Labute approximate surface area is 159 Å². The Morgan fingerprint density at radius 3 is 2.59 bits per heavy atom. The molecule has 2 aliphatic heterocycles. The fraction of sp³-hybridized carbons (Fsp3) is 0.722. The lowest BCUT2D eigenvalue weighted by atomic mass is 10.1. The monoisotopic (exact) mass is 393 g/mol. The van der Waals surface area contributed by atoms with Gasteiger partial charge in [0.15, 0.2) is 9.84 Å². The van der Waals surface area contributed by atoms with Crippen molar-refractivity contribution >= 4 is 27.8 Å². The molecular weight excluding hydrogens is 366 g/mol. The Morgan fingerprint density at radius 1 is 1.22 bits per heavy atom. The van der Waals surface area contributed by atoms with Gasteiger partial charge in [0.2, 0.25) is 5.91 Å². The lowest BCUT2D eigenvalue weighted by Gasteiger charge is -2.30. The topological polar surface area (TPSA) is 96.7 Å². The fourth-order valence-corrected chi connectivity index (χ4v) is 5.63. The zero-order valence-electron chi connectivity index (χ0n) is 15.7. The molecule has 1 saturated carbocycles. The van der Waals surface area contributed by atoms with E-state index in [4.69, 9.17) is 0 Å². The van der Waals surface area contributed by atoms with Gasteiger partial charge >= 0.3 is 0 Å². The van der Waals surface area contributed by atoms with E-state index in [-0.39, 0.29) is 29.4 Å². The van der Waals surface area contributed by atoms with Crippen molar-refractivity contribution in [3.8, 4) is 0 Å². The van der Waals surface area contributed by atoms with E-state index in [2.05, 4.69) is 20.5 Å². The first-order valence-electron chi connectivity index (χ1n) is 9.82. The molecule has 0 radical (unpaired) electrons. The maximum Gasteiger partial charge on any atom is 0.243 e. The van der Waals surface area contributed by atoms with Crippen LogP contribution in [0.2, 0.25) is 0 Å². The molecule has 1 aromatic heterocycles. The SMILES string of the molecule is Cc1nn(C2CCS(=O)(=O)C2)c(N2CCCCC2)c1/C=N/NC(=O)C1CC1. The Morgan fingerprint density at radius 2 is 1.96 bits per heavy atom. The van der Waals surface area contributed by atoms with Crippen LogP contribution in [-0.4, -0.2) is 54.9 Å². The van der Waals surface area contributed by atoms with Gasteiger partial charge in [-0.1, -0.05) is 0 Å². The molecule has 2 saturated heterocycles. The number of nitrogens with one attached hydrogen (secondary N) is 1. The molecule has 3 aliphatic rings. The zero-order chi connectivity index (χ0) is 19.0. The van der Waals surface area contributed by atoms with Crippen molar-refractivity contribution in [1.82, 2.24) is 15.2 Å². The van der Waals surface area contributed by atoms with Crippen LogP contribution in [0.4, 0.5) is 5.82 Å². The molecule has 1 aromatic rings. The second-order valence-corrected chi connectivity index (χ2v) is 10.1. The minimum absolute atomic E-state index is 0.0299. The first kappa shape index (κ1) is 18.5. The highest BCUT2D eigenvalue weighted by Gasteiger charge is 2.34. The van der Waals surface area contributed by atoms with Crippen LogP contribution in [0.25, 0.3) is 0 Å². The summed E-state index contributed by atoms with van der Waals surface area (Å²) in [6.45, 7) is 3.78. The van der Waals surface area contributed by atoms with Gasteiger partial charge in [0.25, 0.3) is 0 Å². The van der Waals surface area contributed by atoms with Gasteiger partial charge in [-0.2, -0.15) is 10.2 Å². The molecule has 3 heterocycles. The number of aromatic nitrogens is 2. The van der Waals surface area contributed by atoms with E-state index in [1.165, 1.54) is 6.42 Å². The van der Waals surface area contributed by atoms with Crippen LogP contribution in [0, 0.1) is 12.8 Å². The number of rotatable bonds is 5. The molecule has 148 valence electrons. The van der Waals surface area contributed by atoms with Gasteiger partial charge in [0, 0.05) is 19.0 Å².